The Bertz CT molecular complexity index is 809. The molecule has 0 atom stereocenters. The molecule has 1 saturated heterocycles. The number of aryl methyl sites for hydroxylation is 1. The lowest BCUT2D eigenvalue weighted by Crippen LogP contribution is -2.39. The summed E-state index contributed by atoms with van der Waals surface area (Å²) in [5.41, 5.74) is 1.17. The summed E-state index contributed by atoms with van der Waals surface area (Å²) >= 11 is 0. The first-order valence-corrected chi connectivity index (χ1v) is 10.6. The third-order valence-electron chi connectivity index (χ3n) is 4.54. The van der Waals surface area contributed by atoms with Crippen molar-refractivity contribution in [3.8, 4) is 5.75 Å². The highest BCUT2D eigenvalue weighted by molar-refractivity contribution is 7.89. The van der Waals surface area contributed by atoms with Crippen LogP contribution in [-0.2, 0) is 16.6 Å². The van der Waals surface area contributed by atoms with Crippen LogP contribution in [0, 0.1) is 6.92 Å². The van der Waals surface area contributed by atoms with E-state index < -0.39 is 10.0 Å². The Hall–Kier alpha value is -1.93. The van der Waals surface area contributed by atoms with Gasteiger partial charge in [0.25, 0.3) is 5.89 Å². The monoisotopic (exact) mass is 379 g/mol. The van der Waals surface area contributed by atoms with Crippen molar-refractivity contribution in [1.29, 1.82) is 0 Å². The predicted molar refractivity (Wildman–Crippen MR) is 97.4 cm³/mol. The van der Waals surface area contributed by atoms with Crippen LogP contribution in [0.4, 0.5) is 0 Å². The fourth-order valence-electron chi connectivity index (χ4n) is 3.05. The summed E-state index contributed by atoms with van der Waals surface area (Å²) in [7, 11) is -3.13. The summed E-state index contributed by atoms with van der Waals surface area (Å²) in [5.74, 6) is 2.16. The molecule has 0 bridgehead atoms. The first kappa shape index (κ1) is 18.8. The quantitative estimate of drug-likeness (QED) is 0.735. The molecule has 1 aromatic heterocycles. The molecule has 1 fully saturated rings. The van der Waals surface area contributed by atoms with Gasteiger partial charge in [-0.05, 0) is 38.3 Å². The van der Waals surface area contributed by atoms with Gasteiger partial charge in [-0.2, -0.15) is 4.98 Å². The lowest BCUT2D eigenvalue weighted by Gasteiger charge is -2.29. The number of nitrogens with zero attached hydrogens (tertiary/aromatic N) is 3. The van der Waals surface area contributed by atoms with Crippen LogP contribution < -0.4 is 4.74 Å². The number of ether oxygens (including phenoxy) is 1. The average molecular weight is 379 g/mol. The van der Waals surface area contributed by atoms with Crippen molar-refractivity contribution in [3.63, 3.8) is 0 Å². The van der Waals surface area contributed by atoms with Crippen LogP contribution in [-0.4, -0.2) is 41.7 Å². The van der Waals surface area contributed by atoms with E-state index in [2.05, 4.69) is 10.1 Å². The second kappa shape index (κ2) is 8.18. The van der Waals surface area contributed by atoms with E-state index in [0.717, 1.165) is 5.75 Å². The van der Waals surface area contributed by atoms with Gasteiger partial charge in [0.05, 0.1) is 5.75 Å². The van der Waals surface area contributed by atoms with Gasteiger partial charge in [0.2, 0.25) is 10.0 Å². The molecular formula is C18H25N3O4S. The van der Waals surface area contributed by atoms with Crippen molar-refractivity contribution in [3.05, 3.63) is 41.5 Å². The molecule has 1 aliphatic heterocycles. The van der Waals surface area contributed by atoms with E-state index in [1.165, 1.54) is 5.56 Å². The second-order valence-corrected chi connectivity index (χ2v) is 8.73. The molecule has 2 heterocycles. The Morgan fingerprint density at radius 2 is 1.92 bits per heavy atom. The van der Waals surface area contributed by atoms with Gasteiger partial charge in [-0.1, -0.05) is 29.8 Å². The van der Waals surface area contributed by atoms with Crippen LogP contribution in [0.5, 0.6) is 5.75 Å². The Labute approximate surface area is 154 Å². The van der Waals surface area contributed by atoms with E-state index in [-0.39, 0.29) is 18.3 Å². The topological polar surface area (TPSA) is 85.5 Å². The number of aromatic nitrogens is 2. The molecule has 142 valence electrons. The van der Waals surface area contributed by atoms with Crippen LogP contribution in [0.1, 0.15) is 49.4 Å². The van der Waals surface area contributed by atoms with E-state index in [1.54, 1.807) is 4.31 Å². The molecule has 3 rings (SSSR count). The predicted octanol–water partition coefficient (Wildman–Crippen LogP) is 2.88. The Morgan fingerprint density at radius 3 is 2.58 bits per heavy atom. The third-order valence-corrected chi connectivity index (χ3v) is 6.62. The second-order valence-electron chi connectivity index (χ2n) is 6.64. The van der Waals surface area contributed by atoms with E-state index in [1.807, 2.05) is 38.1 Å². The van der Waals surface area contributed by atoms with Crippen LogP contribution in [0.2, 0.25) is 0 Å². The van der Waals surface area contributed by atoms with E-state index in [0.29, 0.717) is 44.1 Å². The summed E-state index contributed by atoms with van der Waals surface area (Å²) < 4.78 is 36.8. The molecule has 0 aliphatic carbocycles. The van der Waals surface area contributed by atoms with Gasteiger partial charge >= 0.3 is 0 Å². The van der Waals surface area contributed by atoms with Crippen LogP contribution >= 0.6 is 0 Å². The lowest BCUT2D eigenvalue weighted by atomic mass is 9.98. The number of sulfonamides is 1. The average Bonchev–Trinajstić information content (AvgIpc) is 3.10. The summed E-state index contributed by atoms with van der Waals surface area (Å²) in [6.45, 7) is 5.14. The molecule has 0 amide bonds. The highest BCUT2D eigenvalue weighted by atomic mass is 32.2. The van der Waals surface area contributed by atoms with Crippen LogP contribution in [0.25, 0.3) is 0 Å². The number of benzene rings is 1. The van der Waals surface area contributed by atoms with Gasteiger partial charge < -0.3 is 9.26 Å². The maximum Gasteiger partial charge on any atom is 0.264 e. The summed E-state index contributed by atoms with van der Waals surface area (Å²) in [6, 6.07) is 7.77. The zero-order chi connectivity index (χ0) is 18.6. The van der Waals surface area contributed by atoms with Gasteiger partial charge in [-0.25, -0.2) is 12.7 Å². The molecule has 2 aromatic rings. The fourth-order valence-corrected chi connectivity index (χ4v) is 4.59. The molecule has 0 N–H and O–H groups in total. The van der Waals surface area contributed by atoms with Crippen molar-refractivity contribution in [2.24, 2.45) is 0 Å². The van der Waals surface area contributed by atoms with E-state index >= 15 is 0 Å². The maximum atomic E-state index is 12.1. The van der Waals surface area contributed by atoms with Crippen molar-refractivity contribution in [2.75, 3.05) is 18.8 Å². The fraction of sp³-hybridized carbons (Fsp3) is 0.556. The van der Waals surface area contributed by atoms with Gasteiger partial charge in [0.1, 0.15) is 5.75 Å². The Balaban J connectivity index is 1.53. The van der Waals surface area contributed by atoms with Gasteiger partial charge in [-0.15, -0.1) is 0 Å². The molecule has 7 nitrogen and oxygen atoms in total. The number of piperidine rings is 1. The molecular weight excluding hydrogens is 354 g/mol. The zero-order valence-corrected chi connectivity index (χ0v) is 16.0. The highest BCUT2D eigenvalue weighted by Crippen LogP contribution is 2.27. The molecule has 0 spiro atoms. The summed E-state index contributed by atoms with van der Waals surface area (Å²) in [5, 5.41) is 4.06. The molecule has 8 heteroatoms. The molecule has 26 heavy (non-hydrogen) atoms. The molecule has 1 aromatic carbocycles. The normalized spacial score (nSPS) is 16.7. The Kier molecular flexibility index (Phi) is 5.93. The standard InChI is InChI=1S/C18H25N3O4S/c1-3-12-26(22,23)21-10-8-15(9-11-21)18-19-17(25-20-18)13-24-16-6-4-14(2)5-7-16/h4-7,15H,3,8-13H2,1-2H3. The third kappa shape index (κ3) is 4.62. The number of hydrogen-bond acceptors (Lipinski definition) is 6. The maximum absolute atomic E-state index is 12.1. The minimum atomic E-state index is -3.13. The molecule has 1 aliphatic rings. The van der Waals surface area contributed by atoms with Crippen molar-refractivity contribution in [2.45, 2.75) is 45.6 Å². The highest BCUT2D eigenvalue weighted by Gasteiger charge is 2.30. The minimum absolute atomic E-state index is 0.125. The molecule has 0 radical (unpaired) electrons. The van der Waals surface area contributed by atoms with E-state index in [4.69, 9.17) is 9.26 Å². The van der Waals surface area contributed by atoms with Gasteiger partial charge in [0, 0.05) is 19.0 Å². The number of rotatable bonds is 7. The summed E-state index contributed by atoms with van der Waals surface area (Å²) in [4.78, 5) is 4.42. The SMILES string of the molecule is CCCS(=O)(=O)N1CCC(c2noc(COc3ccc(C)cc3)n2)CC1. The van der Waals surface area contributed by atoms with E-state index in [9.17, 15) is 8.42 Å². The Morgan fingerprint density at radius 1 is 1.23 bits per heavy atom. The summed E-state index contributed by atoms with van der Waals surface area (Å²) in [6.07, 6.45) is 2.05. The van der Waals surface area contributed by atoms with Crippen LogP contribution in [0.15, 0.2) is 28.8 Å². The smallest absolute Gasteiger partial charge is 0.264 e. The molecule has 0 saturated carbocycles. The van der Waals surface area contributed by atoms with Crippen molar-refractivity contribution >= 4 is 10.0 Å². The first-order valence-electron chi connectivity index (χ1n) is 8.97. The van der Waals surface area contributed by atoms with Crippen LogP contribution in [0.3, 0.4) is 0 Å². The van der Waals surface area contributed by atoms with Crippen molar-refractivity contribution < 1.29 is 17.7 Å². The van der Waals surface area contributed by atoms with Gasteiger partial charge in [-0.3, -0.25) is 0 Å². The molecule has 0 unspecified atom stereocenters. The zero-order valence-electron chi connectivity index (χ0n) is 15.2. The number of hydrogen-bond donors (Lipinski definition) is 0. The van der Waals surface area contributed by atoms with Gasteiger partial charge in [0.15, 0.2) is 12.4 Å². The minimum Gasteiger partial charge on any atom is -0.484 e. The van der Waals surface area contributed by atoms with Crippen molar-refractivity contribution in [1.82, 2.24) is 14.4 Å². The lowest BCUT2D eigenvalue weighted by molar-refractivity contribution is 0.241. The largest absolute Gasteiger partial charge is 0.484 e. The first-order chi connectivity index (χ1) is 12.5.